The highest BCUT2D eigenvalue weighted by Crippen LogP contribution is 2.27. The monoisotopic (exact) mass is 217 g/mol. The van der Waals surface area contributed by atoms with Gasteiger partial charge in [0, 0.05) is 11.9 Å². The molecule has 0 saturated heterocycles. The number of aliphatic hydroxyl groups is 1. The summed E-state index contributed by atoms with van der Waals surface area (Å²) in [5.74, 6) is 2.06. The standard InChI is InChI=1S/C9H15NOS2/c1-4-12-6-8-10-5-7(13-8)9(2,3)11/h5,11H,4,6H2,1-3H3. The zero-order valence-corrected chi connectivity index (χ0v) is 9.84. The fourth-order valence-corrected chi connectivity index (χ4v) is 2.50. The van der Waals surface area contributed by atoms with Crippen LogP contribution in [0.2, 0.25) is 0 Å². The van der Waals surface area contributed by atoms with Crippen LogP contribution in [0.25, 0.3) is 0 Å². The Morgan fingerprint density at radius 2 is 2.31 bits per heavy atom. The normalized spacial score (nSPS) is 12.0. The predicted octanol–water partition coefficient (Wildman–Crippen LogP) is 2.62. The number of hydrogen-bond acceptors (Lipinski definition) is 4. The third-order valence-electron chi connectivity index (χ3n) is 1.59. The average Bonchev–Trinajstić information content (AvgIpc) is 2.47. The molecule has 0 bridgehead atoms. The molecule has 4 heteroatoms. The third kappa shape index (κ3) is 3.29. The van der Waals surface area contributed by atoms with E-state index in [1.807, 2.05) is 11.8 Å². The van der Waals surface area contributed by atoms with Crippen molar-refractivity contribution in [2.45, 2.75) is 32.1 Å². The number of thiazole rings is 1. The quantitative estimate of drug-likeness (QED) is 0.841. The Hall–Kier alpha value is -0.0600. The van der Waals surface area contributed by atoms with Crippen molar-refractivity contribution >= 4 is 23.1 Å². The van der Waals surface area contributed by atoms with Crippen LogP contribution in [0, 0.1) is 0 Å². The second kappa shape index (κ2) is 4.44. The van der Waals surface area contributed by atoms with Gasteiger partial charge in [-0.3, -0.25) is 0 Å². The third-order valence-corrected chi connectivity index (χ3v) is 3.96. The van der Waals surface area contributed by atoms with Gasteiger partial charge in [-0.1, -0.05) is 6.92 Å². The second-order valence-electron chi connectivity index (χ2n) is 3.31. The Morgan fingerprint density at radius 1 is 1.62 bits per heavy atom. The van der Waals surface area contributed by atoms with Crippen LogP contribution in [0.4, 0.5) is 0 Å². The van der Waals surface area contributed by atoms with Crippen molar-refractivity contribution in [3.05, 3.63) is 16.1 Å². The van der Waals surface area contributed by atoms with E-state index >= 15 is 0 Å². The van der Waals surface area contributed by atoms with Crippen LogP contribution in [-0.2, 0) is 11.4 Å². The summed E-state index contributed by atoms with van der Waals surface area (Å²) in [7, 11) is 0. The van der Waals surface area contributed by atoms with Gasteiger partial charge in [0.15, 0.2) is 0 Å². The van der Waals surface area contributed by atoms with Crippen molar-refractivity contribution in [2.24, 2.45) is 0 Å². The minimum Gasteiger partial charge on any atom is -0.385 e. The van der Waals surface area contributed by atoms with E-state index in [2.05, 4.69) is 11.9 Å². The molecule has 0 amide bonds. The zero-order valence-electron chi connectivity index (χ0n) is 8.20. The van der Waals surface area contributed by atoms with Crippen LogP contribution >= 0.6 is 23.1 Å². The van der Waals surface area contributed by atoms with Gasteiger partial charge in [0.25, 0.3) is 0 Å². The predicted molar refractivity (Wildman–Crippen MR) is 59.2 cm³/mol. The number of aromatic nitrogens is 1. The van der Waals surface area contributed by atoms with E-state index in [4.69, 9.17) is 0 Å². The Balaban J connectivity index is 2.64. The summed E-state index contributed by atoms with van der Waals surface area (Å²) in [6.45, 7) is 5.71. The molecule has 0 spiro atoms. The number of hydrogen-bond donors (Lipinski definition) is 1. The van der Waals surface area contributed by atoms with Gasteiger partial charge in [-0.25, -0.2) is 4.98 Å². The Labute approximate surface area is 87.4 Å². The SMILES string of the molecule is CCSCc1ncc(C(C)(C)O)s1. The largest absolute Gasteiger partial charge is 0.385 e. The lowest BCUT2D eigenvalue weighted by Crippen LogP contribution is -2.12. The van der Waals surface area contributed by atoms with Gasteiger partial charge >= 0.3 is 0 Å². The van der Waals surface area contributed by atoms with E-state index in [1.54, 1.807) is 31.4 Å². The van der Waals surface area contributed by atoms with Gasteiger partial charge in [-0.15, -0.1) is 11.3 Å². The van der Waals surface area contributed by atoms with Crippen LogP contribution in [-0.4, -0.2) is 15.8 Å². The molecule has 1 N–H and O–H groups in total. The molecule has 0 atom stereocenters. The van der Waals surface area contributed by atoms with Crippen LogP contribution in [0.1, 0.15) is 30.7 Å². The minimum absolute atomic E-state index is 0.743. The highest BCUT2D eigenvalue weighted by molar-refractivity contribution is 7.98. The van der Waals surface area contributed by atoms with Crippen molar-refractivity contribution in [3.8, 4) is 0 Å². The molecule has 0 fully saturated rings. The Bertz CT molecular complexity index is 265. The van der Waals surface area contributed by atoms with Crippen molar-refractivity contribution < 1.29 is 5.11 Å². The maximum atomic E-state index is 9.69. The van der Waals surface area contributed by atoms with Gasteiger partial charge in [0.05, 0.1) is 10.5 Å². The van der Waals surface area contributed by atoms with Crippen LogP contribution < -0.4 is 0 Å². The number of nitrogens with zero attached hydrogens (tertiary/aromatic N) is 1. The first-order valence-electron chi connectivity index (χ1n) is 4.29. The fourth-order valence-electron chi connectivity index (χ4n) is 0.849. The highest BCUT2D eigenvalue weighted by atomic mass is 32.2. The second-order valence-corrected chi connectivity index (χ2v) is 5.70. The van der Waals surface area contributed by atoms with Crippen LogP contribution in [0.5, 0.6) is 0 Å². The van der Waals surface area contributed by atoms with Gasteiger partial charge in [0.2, 0.25) is 0 Å². The summed E-state index contributed by atoms with van der Waals surface area (Å²) in [4.78, 5) is 5.20. The van der Waals surface area contributed by atoms with Crippen molar-refractivity contribution in [3.63, 3.8) is 0 Å². The van der Waals surface area contributed by atoms with E-state index < -0.39 is 5.60 Å². The van der Waals surface area contributed by atoms with Gasteiger partial charge in [-0.2, -0.15) is 11.8 Å². The Kier molecular flexibility index (Phi) is 3.76. The van der Waals surface area contributed by atoms with Crippen molar-refractivity contribution in [1.82, 2.24) is 4.98 Å². The van der Waals surface area contributed by atoms with Gasteiger partial charge < -0.3 is 5.11 Å². The Morgan fingerprint density at radius 3 is 2.77 bits per heavy atom. The molecule has 0 saturated carbocycles. The molecule has 1 heterocycles. The van der Waals surface area contributed by atoms with Gasteiger partial charge in [0.1, 0.15) is 5.01 Å². The minimum atomic E-state index is -0.743. The van der Waals surface area contributed by atoms with E-state index in [0.29, 0.717) is 0 Å². The molecular formula is C9H15NOS2. The van der Waals surface area contributed by atoms with E-state index in [1.165, 1.54) is 0 Å². The van der Waals surface area contributed by atoms with Crippen molar-refractivity contribution in [1.29, 1.82) is 0 Å². The van der Waals surface area contributed by atoms with Crippen LogP contribution in [0.15, 0.2) is 6.20 Å². The molecule has 74 valence electrons. The molecule has 0 aliphatic heterocycles. The molecular weight excluding hydrogens is 202 g/mol. The molecule has 0 aromatic carbocycles. The van der Waals surface area contributed by atoms with E-state index in [0.717, 1.165) is 21.4 Å². The summed E-state index contributed by atoms with van der Waals surface area (Å²) in [6, 6.07) is 0. The van der Waals surface area contributed by atoms with Gasteiger partial charge in [-0.05, 0) is 19.6 Å². The van der Waals surface area contributed by atoms with Crippen LogP contribution in [0.3, 0.4) is 0 Å². The first-order chi connectivity index (χ1) is 6.04. The molecule has 0 aliphatic rings. The highest BCUT2D eigenvalue weighted by Gasteiger charge is 2.18. The van der Waals surface area contributed by atoms with E-state index in [9.17, 15) is 5.11 Å². The molecule has 0 aliphatic carbocycles. The fraction of sp³-hybridized carbons (Fsp3) is 0.667. The summed E-state index contributed by atoms with van der Waals surface area (Å²) in [6.07, 6.45) is 1.77. The molecule has 13 heavy (non-hydrogen) atoms. The molecule has 0 radical (unpaired) electrons. The lowest BCUT2D eigenvalue weighted by molar-refractivity contribution is 0.0823. The maximum absolute atomic E-state index is 9.69. The van der Waals surface area contributed by atoms with Crippen molar-refractivity contribution in [2.75, 3.05) is 5.75 Å². The molecule has 1 aromatic rings. The summed E-state index contributed by atoms with van der Waals surface area (Å²) < 4.78 is 0. The molecule has 2 nitrogen and oxygen atoms in total. The maximum Gasteiger partial charge on any atom is 0.103 e. The summed E-state index contributed by atoms with van der Waals surface area (Å²) in [5, 5.41) is 10.8. The summed E-state index contributed by atoms with van der Waals surface area (Å²) in [5.41, 5.74) is -0.743. The lowest BCUT2D eigenvalue weighted by atomic mass is 10.1. The number of thioether (sulfide) groups is 1. The molecule has 0 unspecified atom stereocenters. The molecule has 1 rings (SSSR count). The number of rotatable bonds is 4. The van der Waals surface area contributed by atoms with E-state index in [-0.39, 0.29) is 0 Å². The summed E-state index contributed by atoms with van der Waals surface area (Å²) >= 11 is 3.45. The average molecular weight is 217 g/mol. The first kappa shape index (κ1) is 11.0. The first-order valence-corrected chi connectivity index (χ1v) is 6.26. The zero-order chi connectivity index (χ0) is 9.90. The smallest absolute Gasteiger partial charge is 0.103 e. The topological polar surface area (TPSA) is 33.1 Å². The molecule has 1 aromatic heterocycles. The lowest BCUT2D eigenvalue weighted by Gasteiger charge is -2.12.